The molecule has 4 heteroatoms. The first-order valence-electron chi connectivity index (χ1n) is 5.24. The van der Waals surface area contributed by atoms with Gasteiger partial charge in [0, 0.05) is 12.6 Å². The third-order valence-electron chi connectivity index (χ3n) is 2.71. The highest BCUT2D eigenvalue weighted by Gasteiger charge is 2.22. The van der Waals surface area contributed by atoms with Gasteiger partial charge >= 0.3 is 0 Å². The van der Waals surface area contributed by atoms with Gasteiger partial charge in [-0.05, 0) is 34.2 Å². The Balaban J connectivity index is 1.72. The summed E-state index contributed by atoms with van der Waals surface area (Å²) in [5, 5.41) is 4.27. The van der Waals surface area contributed by atoms with Gasteiger partial charge in [-0.2, -0.15) is 5.10 Å². The fourth-order valence-electron chi connectivity index (χ4n) is 2.00. The number of nitrogens with zero attached hydrogens (tertiary/aromatic N) is 2. The lowest BCUT2D eigenvalue weighted by Gasteiger charge is -2.10. The van der Waals surface area contributed by atoms with E-state index in [1.54, 1.807) is 0 Å². The van der Waals surface area contributed by atoms with Gasteiger partial charge in [0.15, 0.2) is 0 Å². The molecule has 1 aliphatic heterocycles. The molecule has 1 aromatic heterocycles. The number of fused-ring (bicyclic) bond motifs is 1. The third kappa shape index (κ3) is 1.93. The maximum atomic E-state index is 5.86. The molecule has 0 N–H and O–H groups in total. The van der Waals surface area contributed by atoms with E-state index in [0.717, 1.165) is 22.3 Å². The topological polar surface area (TPSA) is 27.1 Å². The number of hydrogen-bond donors (Lipinski definition) is 0. The zero-order valence-electron chi connectivity index (χ0n) is 8.64. The summed E-state index contributed by atoms with van der Waals surface area (Å²) < 4.78 is 8.96. The van der Waals surface area contributed by atoms with Crippen molar-refractivity contribution in [1.82, 2.24) is 9.78 Å². The number of para-hydroxylation sites is 1. The van der Waals surface area contributed by atoms with Crippen LogP contribution in [-0.2, 0) is 13.0 Å². The SMILES string of the molecule is Ic1cnn(CC2Cc3ccccc3O2)c1. The van der Waals surface area contributed by atoms with Crippen molar-refractivity contribution >= 4 is 22.6 Å². The number of halogens is 1. The molecular formula is C12H11IN2O. The van der Waals surface area contributed by atoms with Crippen LogP contribution in [0.5, 0.6) is 5.75 Å². The summed E-state index contributed by atoms with van der Waals surface area (Å²) in [6.07, 6.45) is 5.09. The normalized spacial score (nSPS) is 18.2. The molecule has 82 valence electrons. The summed E-state index contributed by atoms with van der Waals surface area (Å²) in [6.45, 7) is 0.817. The van der Waals surface area contributed by atoms with E-state index in [9.17, 15) is 0 Å². The van der Waals surface area contributed by atoms with Gasteiger partial charge in [-0.3, -0.25) is 4.68 Å². The van der Waals surface area contributed by atoms with Crippen molar-refractivity contribution in [2.24, 2.45) is 0 Å². The standard InChI is InChI=1S/C12H11IN2O/c13-10-6-14-15(7-10)8-11-5-9-3-1-2-4-12(9)16-11/h1-4,6-7,11H,5,8H2. The second kappa shape index (κ2) is 4.08. The number of ether oxygens (including phenoxy) is 1. The molecule has 3 rings (SSSR count). The van der Waals surface area contributed by atoms with Crippen molar-refractivity contribution in [3.8, 4) is 5.75 Å². The Bertz CT molecular complexity index is 484. The van der Waals surface area contributed by atoms with Gasteiger partial charge in [0.2, 0.25) is 0 Å². The van der Waals surface area contributed by atoms with Crippen LogP contribution in [0.1, 0.15) is 5.56 Å². The summed E-state index contributed by atoms with van der Waals surface area (Å²) in [6, 6.07) is 8.23. The van der Waals surface area contributed by atoms with Crippen LogP contribution in [0.15, 0.2) is 36.7 Å². The van der Waals surface area contributed by atoms with Crippen LogP contribution in [0.25, 0.3) is 0 Å². The summed E-state index contributed by atoms with van der Waals surface area (Å²) in [5.74, 6) is 1.02. The maximum Gasteiger partial charge on any atom is 0.123 e. The molecule has 16 heavy (non-hydrogen) atoms. The molecule has 2 heterocycles. The van der Waals surface area contributed by atoms with Crippen LogP contribution in [-0.4, -0.2) is 15.9 Å². The molecule has 0 amide bonds. The molecule has 0 spiro atoms. The minimum Gasteiger partial charge on any atom is -0.488 e. The van der Waals surface area contributed by atoms with Gasteiger partial charge < -0.3 is 4.74 Å². The maximum absolute atomic E-state index is 5.86. The highest BCUT2D eigenvalue weighted by molar-refractivity contribution is 14.1. The van der Waals surface area contributed by atoms with Crippen molar-refractivity contribution < 1.29 is 4.74 Å². The second-order valence-electron chi connectivity index (χ2n) is 3.93. The van der Waals surface area contributed by atoms with Crippen molar-refractivity contribution in [3.63, 3.8) is 0 Å². The van der Waals surface area contributed by atoms with Crippen LogP contribution < -0.4 is 4.74 Å². The Morgan fingerprint density at radius 2 is 2.31 bits per heavy atom. The Labute approximate surface area is 108 Å². The first-order valence-corrected chi connectivity index (χ1v) is 6.31. The lowest BCUT2D eigenvalue weighted by molar-refractivity contribution is 0.203. The van der Waals surface area contributed by atoms with E-state index in [1.807, 2.05) is 29.2 Å². The van der Waals surface area contributed by atoms with Crippen molar-refractivity contribution in [1.29, 1.82) is 0 Å². The summed E-state index contributed by atoms with van der Waals surface area (Å²) in [4.78, 5) is 0. The largest absolute Gasteiger partial charge is 0.488 e. The summed E-state index contributed by atoms with van der Waals surface area (Å²) >= 11 is 2.26. The molecule has 0 saturated carbocycles. The van der Waals surface area contributed by atoms with E-state index in [4.69, 9.17) is 4.74 Å². The predicted octanol–water partition coefficient (Wildman–Crippen LogP) is 2.49. The fraction of sp³-hybridized carbons (Fsp3) is 0.250. The van der Waals surface area contributed by atoms with Gasteiger partial charge in [0.1, 0.15) is 11.9 Å². The Kier molecular flexibility index (Phi) is 2.59. The Morgan fingerprint density at radius 3 is 3.06 bits per heavy atom. The highest BCUT2D eigenvalue weighted by atomic mass is 127. The monoisotopic (exact) mass is 326 g/mol. The second-order valence-corrected chi connectivity index (χ2v) is 5.18. The number of hydrogen-bond acceptors (Lipinski definition) is 2. The molecule has 0 saturated heterocycles. The average Bonchev–Trinajstić information content (AvgIpc) is 2.84. The molecule has 0 fully saturated rings. The van der Waals surface area contributed by atoms with Crippen molar-refractivity contribution in [2.45, 2.75) is 19.1 Å². The molecule has 0 bridgehead atoms. The van der Waals surface area contributed by atoms with Gasteiger partial charge in [-0.25, -0.2) is 0 Å². The molecule has 0 aliphatic carbocycles. The first kappa shape index (κ1) is 10.1. The number of rotatable bonds is 2. The first-order chi connectivity index (χ1) is 7.81. The van der Waals surface area contributed by atoms with E-state index in [0.29, 0.717) is 0 Å². The summed E-state index contributed by atoms with van der Waals surface area (Å²) in [5.41, 5.74) is 1.30. The van der Waals surface area contributed by atoms with Gasteiger partial charge in [0.05, 0.1) is 16.3 Å². The molecule has 1 aromatic carbocycles. The highest BCUT2D eigenvalue weighted by Crippen LogP contribution is 2.28. The third-order valence-corrected chi connectivity index (χ3v) is 3.26. The predicted molar refractivity (Wildman–Crippen MR) is 69.5 cm³/mol. The van der Waals surface area contributed by atoms with E-state index in [2.05, 4.69) is 39.8 Å². The molecule has 0 radical (unpaired) electrons. The molecule has 1 aliphatic rings. The Morgan fingerprint density at radius 1 is 1.44 bits per heavy atom. The number of benzene rings is 1. The van der Waals surface area contributed by atoms with Crippen molar-refractivity contribution in [3.05, 3.63) is 45.8 Å². The Hall–Kier alpha value is -1.04. The molecule has 2 aromatic rings. The summed E-state index contributed by atoms with van der Waals surface area (Å²) in [7, 11) is 0. The molecule has 1 atom stereocenters. The number of aromatic nitrogens is 2. The van der Waals surface area contributed by atoms with Gasteiger partial charge in [-0.1, -0.05) is 18.2 Å². The molecule has 1 unspecified atom stereocenters. The van der Waals surface area contributed by atoms with Crippen LogP contribution in [0.3, 0.4) is 0 Å². The minimum atomic E-state index is 0.216. The van der Waals surface area contributed by atoms with Crippen LogP contribution >= 0.6 is 22.6 Å². The van der Waals surface area contributed by atoms with Gasteiger partial charge in [0.25, 0.3) is 0 Å². The zero-order valence-corrected chi connectivity index (χ0v) is 10.8. The molecular weight excluding hydrogens is 315 g/mol. The molecule has 3 nitrogen and oxygen atoms in total. The van der Waals surface area contributed by atoms with Crippen LogP contribution in [0.2, 0.25) is 0 Å². The van der Waals surface area contributed by atoms with Crippen LogP contribution in [0, 0.1) is 3.57 Å². The average molecular weight is 326 g/mol. The zero-order chi connectivity index (χ0) is 11.0. The van der Waals surface area contributed by atoms with E-state index >= 15 is 0 Å². The smallest absolute Gasteiger partial charge is 0.123 e. The lowest BCUT2D eigenvalue weighted by Crippen LogP contribution is -2.20. The van der Waals surface area contributed by atoms with E-state index in [1.165, 1.54) is 5.56 Å². The van der Waals surface area contributed by atoms with Gasteiger partial charge in [-0.15, -0.1) is 0 Å². The van der Waals surface area contributed by atoms with Crippen molar-refractivity contribution in [2.75, 3.05) is 0 Å². The van der Waals surface area contributed by atoms with Crippen LogP contribution in [0.4, 0.5) is 0 Å². The lowest BCUT2D eigenvalue weighted by atomic mass is 10.1. The minimum absolute atomic E-state index is 0.216. The van der Waals surface area contributed by atoms with E-state index in [-0.39, 0.29) is 6.10 Å². The fourth-order valence-corrected chi connectivity index (χ4v) is 2.45. The quantitative estimate of drug-likeness (QED) is 0.793. The van der Waals surface area contributed by atoms with E-state index < -0.39 is 0 Å².